The maximum absolute atomic E-state index is 13.2. The first-order valence-electron chi connectivity index (χ1n) is 9.36. The minimum atomic E-state index is -4.30. The molecule has 0 aromatic carbocycles. The maximum atomic E-state index is 13.2. The molecule has 1 amide bonds. The third-order valence-electron chi connectivity index (χ3n) is 5.44. The van der Waals surface area contributed by atoms with Gasteiger partial charge in [-0.05, 0) is 12.1 Å². The Bertz CT molecular complexity index is 995. The third-order valence-corrected chi connectivity index (χ3v) is 5.73. The summed E-state index contributed by atoms with van der Waals surface area (Å²) in [6.07, 6.45) is -0.490. The lowest BCUT2D eigenvalue weighted by Crippen LogP contribution is -2.55. The maximum Gasteiger partial charge on any atom is 0.401 e. The van der Waals surface area contributed by atoms with Crippen molar-refractivity contribution < 1.29 is 18.0 Å². The van der Waals surface area contributed by atoms with E-state index in [0.717, 1.165) is 0 Å². The third kappa shape index (κ3) is 3.79. The molecule has 0 aliphatic carbocycles. The van der Waals surface area contributed by atoms with Crippen LogP contribution in [0, 0.1) is 0 Å². The molecular formula is C18H20ClF3N6O2. The largest absolute Gasteiger partial charge is 0.401 e. The van der Waals surface area contributed by atoms with Crippen molar-refractivity contribution in [2.45, 2.75) is 24.7 Å². The number of nitrogens with zero attached hydrogens (tertiary/aromatic N) is 4. The molecule has 30 heavy (non-hydrogen) atoms. The number of rotatable bonds is 2. The van der Waals surface area contributed by atoms with E-state index in [-0.39, 0.29) is 42.3 Å². The monoisotopic (exact) mass is 444 g/mol. The number of nitrogens with one attached hydrogen (secondary N) is 2. The van der Waals surface area contributed by atoms with E-state index >= 15 is 0 Å². The predicted molar refractivity (Wildman–Crippen MR) is 106 cm³/mol. The summed E-state index contributed by atoms with van der Waals surface area (Å²) in [4.78, 5) is 33.2. The van der Waals surface area contributed by atoms with Crippen molar-refractivity contribution >= 4 is 29.0 Å². The molecule has 0 atom stereocenters. The highest BCUT2D eigenvalue weighted by Gasteiger charge is 2.48. The van der Waals surface area contributed by atoms with Crippen LogP contribution < -0.4 is 16.2 Å². The molecule has 3 aliphatic heterocycles. The molecule has 12 heteroatoms. The molecule has 3 aliphatic rings. The van der Waals surface area contributed by atoms with Gasteiger partial charge in [0.05, 0.1) is 11.6 Å². The first-order chi connectivity index (χ1) is 14.1. The van der Waals surface area contributed by atoms with Crippen molar-refractivity contribution in [1.29, 1.82) is 0 Å². The number of pyridine rings is 1. The van der Waals surface area contributed by atoms with Gasteiger partial charge < -0.3 is 15.5 Å². The van der Waals surface area contributed by atoms with Crippen LogP contribution in [0.2, 0.25) is 5.02 Å². The van der Waals surface area contributed by atoms with Crippen molar-refractivity contribution in [3.8, 4) is 0 Å². The van der Waals surface area contributed by atoms with Crippen molar-refractivity contribution in [1.82, 2.24) is 19.7 Å². The quantitative estimate of drug-likeness (QED) is 0.726. The lowest BCUT2D eigenvalue weighted by atomic mass is 9.97. The summed E-state index contributed by atoms with van der Waals surface area (Å²) in [5, 5.41) is 5.81. The highest BCUT2D eigenvalue weighted by atomic mass is 35.5. The van der Waals surface area contributed by atoms with Crippen molar-refractivity contribution in [2.24, 2.45) is 4.99 Å². The Labute approximate surface area is 175 Å². The number of aliphatic imine (C=N–C) groups is 1. The first kappa shape index (κ1) is 20.7. The highest BCUT2D eigenvalue weighted by molar-refractivity contribution is 6.34. The zero-order valence-electron chi connectivity index (χ0n) is 16.1. The first-order valence-corrected chi connectivity index (χ1v) is 9.73. The minimum absolute atomic E-state index is 0.0253. The van der Waals surface area contributed by atoms with Gasteiger partial charge in [-0.15, -0.1) is 0 Å². The summed E-state index contributed by atoms with van der Waals surface area (Å²) in [5.41, 5.74) is -1.41. The van der Waals surface area contributed by atoms with Gasteiger partial charge >= 0.3 is 6.18 Å². The lowest BCUT2D eigenvalue weighted by molar-refractivity contribution is -0.150. The number of carbonyl (C=O) groups excluding carboxylic acids is 1. The Hall–Kier alpha value is -2.53. The Balaban J connectivity index is 1.65. The van der Waals surface area contributed by atoms with Crippen LogP contribution in [0.25, 0.3) is 0 Å². The molecule has 8 nitrogen and oxygen atoms in total. The number of anilines is 1. The predicted octanol–water partition coefficient (Wildman–Crippen LogP) is 1.78. The Morgan fingerprint density at radius 2 is 2.00 bits per heavy atom. The van der Waals surface area contributed by atoms with Crippen LogP contribution in [0.15, 0.2) is 28.1 Å². The van der Waals surface area contributed by atoms with Crippen LogP contribution in [0.3, 0.4) is 0 Å². The Morgan fingerprint density at radius 3 is 2.60 bits per heavy atom. The summed E-state index contributed by atoms with van der Waals surface area (Å²) in [6, 6.07) is 1.38. The van der Waals surface area contributed by atoms with Gasteiger partial charge in [0, 0.05) is 39.2 Å². The summed E-state index contributed by atoms with van der Waals surface area (Å²) in [6.45, 7) is -0.439. The number of fused-ring (bicyclic) bond motifs is 2. The molecule has 0 radical (unpaired) electrons. The molecule has 0 saturated carbocycles. The van der Waals surface area contributed by atoms with Crippen LogP contribution in [-0.4, -0.2) is 65.6 Å². The van der Waals surface area contributed by atoms with Crippen molar-refractivity contribution in [3.63, 3.8) is 0 Å². The van der Waals surface area contributed by atoms with Gasteiger partial charge in [0.1, 0.15) is 29.5 Å². The van der Waals surface area contributed by atoms with E-state index in [4.69, 9.17) is 11.6 Å². The van der Waals surface area contributed by atoms with Crippen LogP contribution in [0.5, 0.6) is 0 Å². The number of carbonyl (C=O) groups is 1. The van der Waals surface area contributed by atoms with Gasteiger partial charge in [0.25, 0.3) is 11.5 Å². The van der Waals surface area contributed by atoms with Crippen molar-refractivity contribution in [3.05, 3.63) is 39.4 Å². The van der Waals surface area contributed by atoms with Gasteiger partial charge in [-0.3, -0.25) is 19.1 Å². The van der Waals surface area contributed by atoms with E-state index < -0.39 is 29.9 Å². The topological polar surface area (TPSA) is 82.0 Å². The van der Waals surface area contributed by atoms with E-state index in [2.05, 4.69) is 15.6 Å². The SMILES string of the molecule is CN1C=CC(Nc2cc(Cl)c3n(c2=O)C2(CCN(CC(F)(F)F)CC2)NC3=O)=NC1. The second-order valence-electron chi connectivity index (χ2n) is 7.65. The number of hydrogen-bond donors (Lipinski definition) is 2. The molecule has 4 heterocycles. The van der Waals surface area contributed by atoms with Crippen LogP contribution in [0.1, 0.15) is 23.3 Å². The molecule has 4 rings (SSSR count). The molecule has 1 aromatic heterocycles. The van der Waals surface area contributed by atoms with E-state index in [0.29, 0.717) is 12.5 Å². The molecule has 162 valence electrons. The average Bonchev–Trinajstić information content (AvgIpc) is 2.95. The van der Waals surface area contributed by atoms with Gasteiger partial charge in [-0.1, -0.05) is 11.6 Å². The van der Waals surface area contributed by atoms with Gasteiger partial charge in [-0.25, -0.2) is 4.99 Å². The lowest BCUT2D eigenvalue weighted by Gasteiger charge is -2.40. The van der Waals surface area contributed by atoms with E-state index in [1.54, 1.807) is 12.3 Å². The molecular weight excluding hydrogens is 425 g/mol. The van der Waals surface area contributed by atoms with Gasteiger partial charge in [0.2, 0.25) is 0 Å². The fourth-order valence-electron chi connectivity index (χ4n) is 4.01. The summed E-state index contributed by atoms with van der Waals surface area (Å²) in [5.74, 6) is -0.0439. The van der Waals surface area contributed by atoms with Crippen molar-refractivity contribution in [2.75, 3.05) is 38.7 Å². The number of likely N-dealkylation sites (tertiary alicyclic amines) is 1. The second-order valence-corrected chi connectivity index (χ2v) is 8.06. The number of aromatic nitrogens is 1. The summed E-state index contributed by atoms with van der Waals surface area (Å²) >= 11 is 6.31. The molecule has 1 aromatic rings. The zero-order valence-corrected chi connectivity index (χ0v) is 16.8. The molecule has 2 N–H and O–H groups in total. The fraction of sp³-hybridized carbons (Fsp3) is 0.500. The molecule has 1 spiro atoms. The number of amides is 1. The minimum Gasteiger partial charge on any atom is -0.361 e. The zero-order chi connectivity index (χ0) is 21.7. The van der Waals surface area contributed by atoms with Crippen LogP contribution in [0.4, 0.5) is 18.9 Å². The number of piperidine rings is 1. The van der Waals surface area contributed by atoms with E-state index in [1.165, 1.54) is 15.5 Å². The normalized spacial score (nSPS) is 20.9. The highest BCUT2D eigenvalue weighted by Crippen LogP contribution is 2.36. The molecule has 0 bridgehead atoms. The van der Waals surface area contributed by atoms with E-state index in [1.807, 2.05) is 11.9 Å². The number of halogens is 4. The van der Waals surface area contributed by atoms with Crippen LogP contribution >= 0.6 is 11.6 Å². The van der Waals surface area contributed by atoms with Gasteiger partial charge in [0.15, 0.2) is 0 Å². The van der Waals surface area contributed by atoms with Gasteiger partial charge in [-0.2, -0.15) is 13.2 Å². The molecule has 1 saturated heterocycles. The second kappa shape index (κ2) is 7.31. The number of hydrogen-bond acceptors (Lipinski definition) is 6. The Morgan fingerprint density at radius 1 is 1.30 bits per heavy atom. The molecule has 0 unspecified atom stereocenters. The fourth-order valence-corrected chi connectivity index (χ4v) is 4.29. The van der Waals surface area contributed by atoms with Crippen LogP contribution in [-0.2, 0) is 5.66 Å². The average molecular weight is 445 g/mol. The standard InChI is InChI=1S/C18H20ClF3N6O2/c1-26-5-2-13(23-10-26)24-12-8-11(19)14-15(29)25-17(28(14)16(12)30)3-6-27(7-4-17)9-18(20,21)22/h2,5,8H,3-4,6-7,9-10H2,1H3,(H,23,24)(H,25,29). The smallest absolute Gasteiger partial charge is 0.361 e. The molecule has 1 fully saturated rings. The number of amidine groups is 1. The summed E-state index contributed by atoms with van der Waals surface area (Å²) in [7, 11) is 1.85. The number of alkyl halides is 3. The van der Waals surface area contributed by atoms with E-state index in [9.17, 15) is 22.8 Å². The Kier molecular flexibility index (Phi) is 5.05. The summed E-state index contributed by atoms with van der Waals surface area (Å²) < 4.78 is 39.4.